The maximum Gasteiger partial charge on any atom is 0.145 e. The number of nitrogens with zero attached hydrogens (tertiary/aromatic N) is 2. The van der Waals surface area contributed by atoms with Gasteiger partial charge in [0.2, 0.25) is 0 Å². The van der Waals surface area contributed by atoms with E-state index in [1.54, 1.807) is 26.4 Å². The van der Waals surface area contributed by atoms with Gasteiger partial charge < -0.3 is 19.8 Å². The van der Waals surface area contributed by atoms with Crippen LogP contribution >= 0.6 is 0 Å². The molecular formula is C21H28N3O3+. The summed E-state index contributed by atoms with van der Waals surface area (Å²) in [4.78, 5) is 10.3. The van der Waals surface area contributed by atoms with E-state index in [4.69, 9.17) is 4.74 Å². The lowest BCUT2D eigenvalue weighted by molar-refractivity contribution is -0.918. The molecule has 0 radical (unpaired) electrons. The van der Waals surface area contributed by atoms with Crippen molar-refractivity contribution in [3.8, 4) is 11.5 Å². The van der Waals surface area contributed by atoms with E-state index in [2.05, 4.69) is 22.1 Å². The Kier molecular flexibility index (Phi) is 6.42. The number of rotatable bonds is 7. The molecule has 0 unspecified atom stereocenters. The predicted octanol–water partition coefficient (Wildman–Crippen LogP) is 1.44. The Morgan fingerprint density at radius 1 is 1.33 bits per heavy atom. The number of nitrogens with one attached hydrogen (secondary N) is 1. The van der Waals surface area contributed by atoms with Gasteiger partial charge in [0.15, 0.2) is 0 Å². The molecule has 0 amide bonds. The number of likely N-dealkylation sites (tertiary alicyclic amines) is 1. The first kappa shape index (κ1) is 19.3. The SMILES string of the molecule is COc1cccc([C@H](CN=Cc2c(CO)cnc(C)c2O)[NH+]2CCCC2)c1. The molecule has 0 spiro atoms. The zero-order chi connectivity index (χ0) is 19.2. The highest BCUT2D eigenvalue weighted by molar-refractivity contribution is 5.85. The maximum atomic E-state index is 10.3. The lowest BCUT2D eigenvalue weighted by Crippen LogP contribution is -3.10. The van der Waals surface area contributed by atoms with E-state index < -0.39 is 0 Å². The maximum absolute atomic E-state index is 10.3. The smallest absolute Gasteiger partial charge is 0.145 e. The third-order valence-electron chi connectivity index (χ3n) is 5.27. The number of methoxy groups -OCH3 is 1. The topological polar surface area (TPSA) is 79.4 Å². The van der Waals surface area contributed by atoms with E-state index in [1.807, 2.05) is 12.1 Å². The summed E-state index contributed by atoms with van der Waals surface area (Å²) in [6.45, 7) is 4.44. The summed E-state index contributed by atoms with van der Waals surface area (Å²) in [5.74, 6) is 0.932. The van der Waals surface area contributed by atoms with Crippen LogP contribution in [0.5, 0.6) is 11.5 Å². The second kappa shape index (κ2) is 8.97. The first-order valence-corrected chi connectivity index (χ1v) is 9.40. The van der Waals surface area contributed by atoms with Crippen molar-refractivity contribution >= 4 is 6.21 Å². The average molecular weight is 370 g/mol. The molecular weight excluding hydrogens is 342 g/mol. The van der Waals surface area contributed by atoms with Crippen LogP contribution in [-0.2, 0) is 6.61 Å². The quantitative estimate of drug-likeness (QED) is 0.645. The molecule has 2 heterocycles. The van der Waals surface area contributed by atoms with Crippen molar-refractivity contribution in [2.45, 2.75) is 32.4 Å². The molecule has 1 aliphatic heterocycles. The third kappa shape index (κ3) is 4.46. The van der Waals surface area contributed by atoms with E-state index in [1.165, 1.54) is 23.3 Å². The van der Waals surface area contributed by atoms with Crippen molar-refractivity contribution in [1.29, 1.82) is 0 Å². The molecule has 1 atom stereocenters. The summed E-state index contributed by atoms with van der Waals surface area (Å²) in [6, 6.07) is 8.41. The van der Waals surface area contributed by atoms with Crippen molar-refractivity contribution in [1.82, 2.24) is 4.98 Å². The number of hydrogen-bond acceptors (Lipinski definition) is 5. The second-order valence-corrected chi connectivity index (χ2v) is 6.98. The molecule has 1 aromatic heterocycles. The Morgan fingerprint density at radius 2 is 2.11 bits per heavy atom. The highest BCUT2D eigenvalue weighted by Gasteiger charge is 2.27. The molecule has 0 aliphatic carbocycles. The van der Waals surface area contributed by atoms with Crippen LogP contribution in [0, 0.1) is 6.92 Å². The first-order chi connectivity index (χ1) is 13.1. The first-order valence-electron chi connectivity index (χ1n) is 9.40. The van der Waals surface area contributed by atoms with Crippen LogP contribution in [0.1, 0.15) is 41.3 Å². The largest absolute Gasteiger partial charge is 0.505 e. The van der Waals surface area contributed by atoms with Crippen molar-refractivity contribution in [3.05, 3.63) is 52.8 Å². The summed E-state index contributed by atoms with van der Waals surface area (Å²) in [5.41, 5.74) is 2.86. The van der Waals surface area contributed by atoms with E-state index in [-0.39, 0.29) is 18.4 Å². The minimum Gasteiger partial charge on any atom is -0.505 e. The van der Waals surface area contributed by atoms with Gasteiger partial charge in [-0.2, -0.15) is 0 Å². The average Bonchev–Trinajstić information content (AvgIpc) is 3.22. The number of aromatic hydroxyl groups is 1. The third-order valence-corrected chi connectivity index (χ3v) is 5.27. The van der Waals surface area contributed by atoms with Gasteiger partial charge in [-0.25, -0.2) is 0 Å². The second-order valence-electron chi connectivity index (χ2n) is 6.98. The van der Waals surface area contributed by atoms with Gasteiger partial charge in [0.25, 0.3) is 0 Å². The fourth-order valence-corrected chi connectivity index (χ4v) is 3.68. The summed E-state index contributed by atoms with van der Waals surface area (Å²) >= 11 is 0. The minimum absolute atomic E-state index is 0.0803. The Labute approximate surface area is 160 Å². The van der Waals surface area contributed by atoms with Crippen molar-refractivity contribution in [3.63, 3.8) is 0 Å². The normalized spacial score (nSPS) is 16.1. The van der Waals surface area contributed by atoms with Crippen LogP contribution in [0.15, 0.2) is 35.5 Å². The van der Waals surface area contributed by atoms with Crippen LogP contribution in [0.2, 0.25) is 0 Å². The Bertz CT molecular complexity index is 801. The van der Waals surface area contributed by atoms with Crippen molar-refractivity contribution in [2.75, 3.05) is 26.7 Å². The molecule has 1 aromatic carbocycles. The lowest BCUT2D eigenvalue weighted by atomic mass is 10.0. The highest BCUT2D eigenvalue weighted by Crippen LogP contribution is 2.23. The lowest BCUT2D eigenvalue weighted by Gasteiger charge is -2.24. The molecule has 6 nitrogen and oxygen atoms in total. The Morgan fingerprint density at radius 3 is 2.81 bits per heavy atom. The van der Waals surface area contributed by atoms with Crippen LogP contribution in [-0.4, -0.2) is 48.2 Å². The van der Waals surface area contributed by atoms with E-state index in [0.717, 1.165) is 18.8 Å². The predicted molar refractivity (Wildman–Crippen MR) is 105 cm³/mol. The summed E-state index contributed by atoms with van der Waals surface area (Å²) < 4.78 is 5.39. The summed E-state index contributed by atoms with van der Waals surface area (Å²) in [7, 11) is 1.68. The minimum atomic E-state index is -0.182. The van der Waals surface area contributed by atoms with Gasteiger partial charge in [0, 0.05) is 41.9 Å². The molecule has 1 fully saturated rings. The van der Waals surface area contributed by atoms with E-state index >= 15 is 0 Å². The fraction of sp³-hybridized carbons (Fsp3) is 0.429. The monoisotopic (exact) mass is 370 g/mol. The van der Waals surface area contributed by atoms with Gasteiger partial charge in [-0.1, -0.05) is 12.1 Å². The number of pyridine rings is 1. The number of aliphatic hydroxyl groups is 1. The molecule has 3 N–H and O–H groups in total. The Hall–Kier alpha value is -2.44. The van der Waals surface area contributed by atoms with E-state index in [0.29, 0.717) is 23.4 Å². The molecule has 1 saturated heterocycles. The molecule has 3 rings (SSSR count). The summed E-state index contributed by atoms with van der Waals surface area (Å²) in [5, 5.41) is 19.8. The fourth-order valence-electron chi connectivity index (χ4n) is 3.68. The number of aryl methyl sites for hydroxylation is 1. The van der Waals surface area contributed by atoms with Crippen LogP contribution in [0.25, 0.3) is 0 Å². The van der Waals surface area contributed by atoms with Gasteiger partial charge >= 0.3 is 0 Å². The zero-order valence-electron chi connectivity index (χ0n) is 16.0. The summed E-state index contributed by atoms with van der Waals surface area (Å²) in [6.07, 6.45) is 5.72. The van der Waals surface area contributed by atoms with Crippen LogP contribution in [0.3, 0.4) is 0 Å². The number of aliphatic imine (C=N–C) groups is 1. The number of benzene rings is 1. The van der Waals surface area contributed by atoms with Gasteiger partial charge in [0.05, 0.1) is 39.0 Å². The van der Waals surface area contributed by atoms with E-state index in [9.17, 15) is 10.2 Å². The molecule has 144 valence electrons. The molecule has 6 heteroatoms. The Balaban J connectivity index is 1.85. The van der Waals surface area contributed by atoms with Gasteiger partial charge in [-0.05, 0) is 19.1 Å². The molecule has 0 saturated carbocycles. The van der Waals surface area contributed by atoms with Gasteiger partial charge in [-0.15, -0.1) is 0 Å². The van der Waals surface area contributed by atoms with Crippen LogP contribution < -0.4 is 9.64 Å². The number of hydrogen-bond donors (Lipinski definition) is 3. The highest BCUT2D eigenvalue weighted by atomic mass is 16.5. The van der Waals surface area contributed by atoms with Crippen molar-refractivity contribution in [2.24, 2.45) is 4.99 Å². The van der Waals surface area contributed by atoms with Crippen LogP contribution in [0.4, 0.5) is 0 Å². The van der Waals surface area contributed by atoms with Gasteiger partial charge in [-0.3, -0.25) is 9.98 Å². The molecule has 0 bridgehead atoms. The number of aliphatic hydroxyl groups excluding tert-OH is 1. The van der Waals surface area contributed by atoms with Crippen molar-refractivity contribution < 1.29 is 19.8 Å². The zero-order valence-corrected chi connectivity index (χ0v) is 16.0. The number of quaternary nitrogens is 1. The van der Waals surface area contributed by atoms with Gasteiger partial charge in [0.1, 0.15) is 17.5 Å². The number of ether oxygens (including phenoxy) is 1. The standard InChI is InChI=1S/C21H27N3O3/c1-15-21(26)19(17(14-25)11-23-15)12-22-13-20(24-8-3-4-9-24)16-6-5-7-18(10-16)27-2/h5-7,10-12,20,25-26H,3-4,8-9,13-14H2,1-2H3/p+1/t20-/m0/s1. The number of aromatic nitrogens is 1. The molecule has 2 aromatic rings. The molecule has 27 heavy (non-hydrogen) atoms. The molecule has 1 aliphatic rings.